The average Bonchev–Trinajstić information content (AvgIpc) is 2.67. The third kappa shape index (κ3) is 5.16. The Morgan fingerprint density at radius 3 is 2.63 bits per heavy atom. The Balaban J connectivity index is 2.09. The van der Waals surface area contributed by atoms with Crippen molar-refractivity contribution in [2.45, 2.75) is 24.8 Å². The maximum absolute atomic E-state index is 12.4. The van der Waals surface area contributed by atoms with Gasteiger partial charge in [-0.05, 0) is 37.3 Å². The van der Waals surface area contributed by atoms with Crippen molar-refractivity contribution < 1.29 is 18.5 Å². The van der Waals surface area contributed by atoms with Gasteiger partial charge in [-0.1, -0.05) is 30.7 Å². The maximum atomic E-state index is 12.4. The second-order valence-electron chi connectivity index (χ2n) is 5.47. The molecule has 0 aliphatic heterocycles. The fourth-order valence-corrected chi connectivity index (χ4v) is 3.36. The maximum Gasteiger partial charge on any atom is 0.340 e. The van der Waals surface area contributed by atoms with E-state index in [4.69, 9.17) is 21.6 Å². The lowest BCUT2D eigenvalue weighted by Crippen LogP contribution is -2.30. The predicted octanol–water partition coefficient (Wildman–Crippen LogP) is 3.52. The number of esters is 1. The van der Waals surface area contributed by atoms with Gasteiger partial charge in [-0.25, -0.2) is 4.79 Å². The van der Waals surface area contributed by atoms with E-state index in [1.165, 1.54) is 31.2 Å². The number of rotatable bonds is 6. The summed E-state index contributed by atoms with van der Waals surface area (Å²) in [4.78, 5) is 25.0. The molecule has 2 rings (SSSR count). The number of benzene rings is 2. The lowest BCUT2D eigenvalue weighted by atomic mass is 10.2. The first kappa shape index (κ1) is 20.6. The van der Waals surface area contributed by atoms with Crippen molar-refractivity contribution in [3.63, 3.8) is 0 Å². The van der Waals surface area contributed by atoms with Gasteiger partial charge < -0.3 is 10.1 Å². The molecule has 0 saturated heterocycles. The van der Waals surface area contributed by atoms with Crippen LogP contribution >= 0.6 is 11.6 Å². The van der Waals surface area contributed by atoms with Gasteiger partial charge in [-0.15, -0.1) is 0 Å². The Morgan fingerprint density at radius 1 is 1.30 bits per heavy atom. The lowest BCUT2D eigenvalue weighted by molar-refractivity contribution is -0.123. The number of nitriles is 1. The van der Waals surface area contributed by atoms with Crippen molar-refractivity contribution in [3.05, 3.63) is 58.6 Å². The van der Waals surface area contributed by atoms with E-state index in [0.717, 1.165) is 0 Å². The number of anilines is 1. The Morgan fingerprint density at radius 2 is 2.00 bits per heavy atom. The van der Waals surface area contributed by atoms with E-state index < -0.39 is 28.8 Å². The van der Waals surface area contributed by atoms with E-state index in [9.17, 15) is 13.8 Å². The van der Waals surface area contributed by atoms with Gasteiger partial charge in [0.05, 0.1) is 31.8 Å². The molecule has 8 heteroatoms. The summed E-state index contributed by atoms with van der Waals surface area (Å²) in [5.41, 5.74) is 0.827. The number of halogens is 1. The fourth-order valence-electron chi connectivity index (χ4n) is 2.19. The molecular formula is C19H17ClN2O4S. The Bertz CT molecular complexity index is 940. The summed E-state index contributed by atoms with van der Waals surface area (Å²) in [6.45, 7) is 3.18. The summed E-state index contributed by atoms with van der Waals surface area (Å²) in [5.74, 6) is -0.925. The molecule has 1 amide bonds. The molecule has 140 valence electrons. The number of carbonyl (C=O) groups excluding carboxylic acids is 2. The first-order valence-corrected chi connectivity index (χ1v) is 9.76. The molecule has 0 heterocycles. The van der Waals surface area contributed by atoms with Gasteiger partial charge in [0.2, 0.25) is 0 Å². The monoisotopic (exact) mass is 404 g/mol. The van der Waals surface area contributed by atoms with Crippen molar-refractivity contribution in [2.24, 2.45) is 0 Å². The zero-order valence-electron chi connectivity index (χ0n) is 14.7. The Labute approximate surface area is 164 Å². The highest BCUT2D eigenvalue weighted by molar-refractivity contribution is 7.85. The standard InChI is InChI=1S/C19H17ClN2O4S/c1-3-27(25)17-7-5-4-6-15(17)19(24)26-12(2)18(23)22-14-9-8-13(11-21)16(20)10-14/h4-10,12H,3H2,1-2H3,(H,22,23)/t12-,27-/m0/s1. The van der Waals surface area contributed by atoms with Gasteiger partial charge in [0.25, 0.3) is 5.91 Å². The molecule has 0 radical (unpaired) electrons. The third-order valence-corrected chi connectivity index (χ3v) is 5.31. The number of ether oxygens (including phenoxy) is 1. The van der Waals surface area contributed by atoms with Crippen molar-refractivity contribution in [1.29, 1.82) is 5.26 Å². The predicted molar refractivity (Wildman–Crippen MR) is 103 cm³/mol. The molecule has 0 aliphatic rings. The quantitative estimate of drug-likeness (QED) is 0.743. The van der Waals surface area contributed by atoms with E-state index in [1.54, 1.807) is 25.1 Å². The number of amides is 1. The summed E-state index contributed by atoms with van der Waals surface area (Å²) in [7, 11) is -1.33. The van der Waals surface area contributed by atoms with Gasteiger partial charge in [0.1, 0.15) is 6.07 Å². The molecule has 6 nitrogen and oxygen atoms in total. The normalized spacial score (nSPS) is 12.5. The van der Waals surface area contributed by atoms with Gasteiger partial charge in [-0.2, -0.15) is 5.26 Å². The van der Waals surface area contributed by atoms with Crippen LogP contribution < -0.4 is 5.32 Å². The molecule has 0 aliphatic carbocycles. The molecule has 0 saturated carbocycles. The third-order valence-electron chi connectivity index (χ3n) is 3.62. The summed E-state index contributed by atoms with van der Waals surface area (Å²) < 4.78 is 17.3. The molecule has 27 heavy (non-hydrogen) atoms. The first-order valence-electron chi connectivity index (χ1n) is 8.06. The molecule has 1 N–H and O–H groups in total. The highest BCUT2D eigenvalue weighted by atomic mass is 35.5. The summed E-state index contributed by atoms with van der Waals surface area (Å²) in [5, 5.41) is 11.6. The van der Waals surface area contributed by atoms with Crippen molar-refractivity contribution >= 4 is 40.0 Å². The highest BCUT2D eigenvalue weighted by Crippen LogP contribution is 2.21. The molecule has 2 aromatic carbocycles. The van der Waals surface area contributed by atoms with Gasteiger partial charge in [0, 0.05) is 11.4 Å². The zero-order chi connectivity index (χ0) is 20.0. The second kappa shape index (κ2) is 9.31. The van der Waals surface area contributed by atoms with Crippen LogP contribution in [-0.4, -0.2) is 27.9 Å². The van der Waals surface area contributed by atoms with Crippen molar-refractivity contribution in [1.82, 2.24) is 0 Å². The van der Waals surface area contributed by atoms with Crippen molar-refractivity contribution in [2.75, 3.05) is 11.1 Å². The SMILES string of the molecule is CC[S@](=O)c1ccccc1C(=O)O[C@@H](C)C(=O)Nc1ccc(C#N)c(Cl)c1. The Hall–Kier alpha value is -2.69. The topological polar surface area (TPSA) is 96.3 Å². The summed E-state index contributed by atoms with van der Waals surface area (Å²) in [6.07, 6.45) is -1.09. The van der Waals surface area contributed by atoms with E-state index in [1.807, 2.05) is 6.07 Å². The number of hydrogen-bond acceptors (Lipinski definition) is 5. The molecule has 0 fully saturated rings. The number of nitrogens with zero attached hydrogens (tertiary/aromatic N) is 1. The number of hydrogen-bond donors (Lipinski definition) is 1. The largest absolute Gasteiger partial charge is 0.449 e. The molecule has 0 spiro atoms. The van der Waals surface area contributed by atoms with Crippen LogP contribution in [0.3, 0.4) is 0 Å². The van der Waals surface area contributed by atoms with Crippen LogP contribution in [0.4, 0.5) is 5.69 Å². The second-order valence-corrected chi connectivity index (χ2v) is 7.59. The molecular weight excluding hydrogens is 388 g/mol. The lowest BCUT2D eigenvalue weighted by Gasteiger charge is -2.15. The Kier molecular flexibility index (Phi) is 7.11. The number of carbonyl (C=O) groups is 2. The van der Waals surface area contributed by atoms with Crippen LogP contribution in [0, 0.1) is 11.3 Å². The van der Waals surface area contributed by atoms with Gasteiger partial charge in [-0.3, -0.25) is 9.00 Å². The van der Waals surface area contributed by atoms with E-state index in [-0.39, 0.29) is 16.1 Å². The minimum atomic E-state index is -1.33. The first-order chi connectivity index (χ1) is 12.9. The van der Waals surface area contributed by atoms with Crippen LogP contribution in [0.2, 0.25) is 5.02 Å². The number of nitrogens with one attached hydrogen (secondary N) is 1. The highest BCUT2D eigenvalue weighted by Gasteiger charge is 2.22. The molecule has 0 unspecified atom stereocenters. The fraction of sp³-hybridized carbons (Fsp3) is 0.211. The van der Waals surface area contributed by atoms with E-state index >= 15 is 0 Å². The smallest absolute Gasteiger partial charge is 0.340 e. The molecule has 0 bridgehead atoms. The summed E-state index contributed by atoms with van der Waals surface area (Å²) >= 11 is 5.93. The van der Waals surface area contributed by atoms with Crippen LogP contribution in [-0.2, 0) is 20.3 Å². The van der Waals surface area contributed by atoms with Crippen LogP contribution in [0.5, 0.6) is 0 Å². The minimum Gasteiger partial charge on any atom is -0.449 e. The van der Waals surface area contributed by atoms with Gasteiger partial charge >= 0.3 is 5.97 Å². The minimum absolute atomic E-state index is 0.166. The van der Waals surface area contributed by atoms with Crippen LogP contribution in [0.1, 0.15) is 29.8 Å². The van der Waals surface area contributed by atoms with Gasteiger partial charge in [0.15, 0.2) is 6.10 Å². The molecule has 2 aromatic rings. The molecule has 2 atom stereocenters. The zero-order valence-corrected chi connectivity index (χ0v) is 16.3. The van der Waals surface area contributed by atoms with E-state index in [2.05, 4.69) is 5.32 Å². The summed E-state index contributed by atoms with van der Waals surface area (Å²) in [6, 6.07) is 12.8. The van der Waals surface area contributed by atoms with Crippen LogP contribution in [0.15, 0.2) is 47.4 Å². The average molecular weight is 405 g/mol. The van der Waals surface area contributed by atoms with Crippen LogP contribution in [0.25, 0.3) is 0 Å². The molecule has 0 aromatic heterocycles. The van der Waals surface area contributed by atoms with E-state index in [0.29, 0.717) is 16.3 Å². The van der Waals surface area contributed by atoms with Crippen molar-refractivity contribution in [3.8, 4) is 6.07 Å².